The average molecular weight is 374 g/mol. The lowest BCUT2D eigenvalue weighted by atomic mass is 9.88. The molecule has 7 nitrogen and oxygen atoms in total. The molecule has 0 radical (unpaired) electrons. The smallest absolute Gasteiger partial charge is 0.203 e. The number of carbonyl (C=O) groups is 1. The van der Waals surface area contributed by atoms with Gasteiger partial charge in [-0.05, 0) is 12.1 Å². The Labute approximate surface area is 157 Å². The lowest BCUT2D eigenvalue weighted by molar-refractivity contribution is 0.0893. The van der Waals surface area contributed by atoms with Gasteiger partial charge in [0, 0.05) is 11.6 Å². The van der Waals surface area contributed by atoms with Crippen LogP contribution in [0, 0.1) is 0 Å². The van der Waals surface area contributed by atoms with Crippen LogP contribution in [0.5, 0.6) is 34.5 Å². The highest BCUT2D eigenvalue weighted by Gasteiger charge is 2.35. The largest absolute Gasteiger partial charge is 0.493 e. The van der Waals surface area contributed by atoms with E-state index in [1.54, 1.807) is 31.4 Å². The zero-order chi connectivity index (χ0) is 19.6. The first-order chi connectivity index (χ1) is 13.1. The summed E-state index contributed by atoms with van der Waals surface area (Å²) in [7, 11) is 7.65. The van der Waals surface area contributed by atoms with Gasteiger partial charge in [-0.2, -0.15) is 0 Å². The lowest BCUT2D eigenvalue weighted by Crippen LogP contribution is -2.26. The number of hydrogen-bond donors (Lipinski definition) is 0. The summed E-state index contributed by atoms with van der Waals surface area (Å²) in [5, 5.41) is 0. The predicted octanol–water partition coefficient (Wildman–Crippen LogP) is 3.09. The molecule has 0 aromatic heterocycles. The lowest BCUT2D eigenvalue weighted by Gasteiger charge is -2.27. The summed E-state index contributed by atoms with van der Waals surface area (Å²) in [6, 6.07) is 6.83. The molecule has 0 spiro atoms. The van der Waals surface area contributed by atoms with Gasteiger partial charge in [-0.15, -0.1) is 0 Å². The van der Waals surface area contributed by atoms with Gasteiger partial charge in [-0.1, -0.05) is 6.07 Å². The molecule has 1 atom stereocenters. The summed E-state index contributed by atoms with van der Waals surface area (Å²) < 4.78 is 32.7. The molecule has 144 valence electrons. The number of hydrogen-bond acceptors (Lipinski definition) is 7. The Hall–Kier alpha value is -3.09. The van der Waals surface area contributed by atoms with Crippen LogP contribution in [0.4, 0.5) is 0 Å². The minimum atomic E-state index is -0.551. The summed E-state index contributed by atoms with van der Waals surface area (Å²) in [5.41, 5.74) is 1.10. The van der Waals surface area contributed by atoms with Gasteiger partial charge in [-0.25, -0.2) is 0 Å². The number of Topliss-reactive ketones (excluding diaryl/α,β-unsaturated/α-hetero) is 1. The van der Waals surface area contributed by atoms with Gasteiger partial charge in [0.15, 0.2) is 28.8 Å². The van der Waals surface area contributed by atoms with E-state index in [2.05, 4.69) is 0 Å². The van der Waals surface area contributed by atoms with Gasteiger partial charge in [0.1, 0.15) is 12.4 Å². The van der Waals surface area contributed by atoms with E-state index in [-0.39, 0.29) is 12.4 Å². The third-order valence-corrected chi connectivity index (χ3v) is 4.58. The topological polar surface area (TPSA) is 72.5 Å². The Morgan fingerprint density at radius 3 is 2.04 bits per heavy atom. The van der Waals surface area contributed by atoms with Crippen molar-refractivity contribution in [1.29, 1.82) is 0 Å². The van der Waals surface area contributed by atoms with E-state index in [1.165, 1.54) is 28.4 Å². The third-order valence-electron chi connectivity index (χ3n) is 4.58. The van der Waals surface area contributed by atoms with Crippen molar-refractivity contribution >= 4 is 5.78 Å². The Bertz CT molecular complexity index is 860. The first-order valence-electron chi connectivity index (χ1n) is 8.31. The van der Waals surface area contributed by atoms with Crippen molar-refractivity contribution in [3.63, 3.8) is 0 Å². The summed E-state index contributed by atoms with van der Waals surface area (Å²) in [4.78, 5) is 13.2. The molecular weight excluding hydrogens is 352 g/mol. The second-order valence-electron chi connectivity index (χ2n) is 5.85. The van der Waals surface area contributed by atoms with Gasteiger partial charge in [0.2, 0.25) is 5.75 Å². The fourth-order valence-electron chi connectivity index (χ4n) is 3.24. The Kier molecular flexibility index (Phi) is 5.30. The van der Waals surface area contributed by atoms with Crippen molar-refractivity contribution in [2.45, 2.75) is 5.92 Å². The third kappa shape index (κ3) is 3.09. The van der Waals surface area contributed by atoms with Gasteiger partial charge in [0.05, 0.1) is 47.0 Å². The highest BCUT2D eigenvalue weighted by molar-refractivity contribution is 6.05. The average Bonchev–Trinajstić information content (AvgIpc) is 2.71. The van der Waals surface area contributed by atoms with Gasteiger partial charge in [0.25, 0.3) is 0 Å². The fraction of sp³-hybridized carbons (Fsp3) is 0.350. The van der Waals surface area contributed by atoms with Crippen LogP contribution in [0.15, 0.2) is 24.3 Å². The van der Waals surface area contributed by atoms with Crippen LogP contribution in [-0.2, 0) is 0 Å². The molecule has 1 aliphatic heterocycles. The number of ketones is 1. The molecule has 7 heteroatoms. The Balaban J connectivity index is 2.08. The fourth-order valence-corrected chi connectivity index (χ4v) is 3.24. The van der Waals surface area contributed by atoms with Gasteiger partial charge in [-0.3, -0.25) is 4.79 Å². The molecule has 27 heavy (non-hydrogen) atoms. The standard InChI is InChI=1S/C20H22O7/c1-22-14-7-6-11(19(25-4)20(14)26-5)13-10-27-15-9-17(24-3)16(23-2)8-12(15)18(13)21/h6-9,13H,10H2,1-5H3/t13-/m1/s1. The molecule has 0 aliphatic carbocycles. The van der Waals surface area contributed by atoms with E-state index < -0.39 is 5.92 Å². The number of rotatable bonds is 6. The summed E-state index contributed by atoms with van der Waals surface area (Å²) >= 11 is 0. The molecule has 2 aromatic rings. The molecule has 0 bridgehead atoms. The maximum atomic E-state index is 13.2. The summed E-state index contributed by atoms with van der Waals surface area (Å²) in [6.07, 6.45) is 0. The minimum absolute atomic E-state index is 0.0947. The van der Waals surface area contributed by atoms with E-state index in [0.29, 0.717) is 45.6 Å². The van der Waals surface area contributed by atoms with Crippen molar-refractivity contribution in [2.24, 2.45) is 0 Å². The predicted molar refractivity (Wildman–Crippen MR) is 98.2 cm³/mol. The van der Waals surface area contributed by atoms with Crippen molar-refractivity contribution < 1.29 is 33.2 Å². The van der Waals surface area contributed by atoms with Crippen molar-refractivity contribution in [1.82, 2.24) is 0 Å². The number of carbonyl (C=O) groups excluding carboxylic acids is 1. The molecule has 0 N–H and O–H groups in total. The number of methoxy groups -OCH3 is 5. The normalized spacial score (nSPS) is 15.4. The second kappa shape index (κ2) is 7.65. The second-order valence-corrected chi connectivity index (χ2v) is 5.85. The molecule has 0 fully saturated rings. The van der Waals surface area contributed by atoms with Crippen LogP contribution < -0.4 is 28.4 Å². The minimum Gasteiger partial charge on any atom is -0.493 e. The van der Waals surface area contributed by atoms with Crippen LogP contribution in [0.3, 0.4) is 0 Å². The monoisotopic (exact) mass is 374 g/mol. The Morgan fingerprint density at radius 2 is 1.44 bits per heavy atom. The van der Waals surface area contributed by atoms with Crippen molar-refractivity contribution in [2.75, 3.05) is 42.2 Å². The highest BCUT2D eigenvalue weighted by Crippen LogP contribution is 2.46. The van der Waals surface area contributed by atoms with E-state index >= 15 is 0 Å². The molecule has 2 aromatic carbocycles. The van der Waals surface area contributed by atoms with Gasteiger partial charge < -0.3 is 28.4 Å². The van der Waals surface area contributed by atoms with Crippen LogP contribution in [0.1, 0.15) is 21.8 Å². The van der Waals surface area contributed by atoms with Crippen molar-refractivity contribution in [3.05, 3.63) is 35.4 Å². The van der Waals surface area contributed by atoms with Crippen LogP contribution in [0.2, 0.25) is 0 Å². The van der Waals surface area contributed by atoms with E-state index in [1.807, 2.05) is 0 Å². The highest BCUT2D eigenvalue weighted by atomic mass is 16.5. The summed E-state index contributed by atoms with van der Waals surface area (Å²) in [6.45, 7) is 0.174. The van der Waals surface area contributed by atoms with Crippen LogP contribution in [0.25, 0.3) is 0 Å². The number of fused-ring (bicyclic) bond motifs is 1. The van der Waals surface area contributed by atoms with E-state index in [9.17, 15) is 4.79 Å². The zero-order valence-electron chi connectivity index (χ0n) is 16.0. The van der Waals surface area contributed by atoms with Crippen LogP contribution in [-0.4, -0.2) is 47.9 Å². The molecule has 1 aliphatic rings. The molecular formula is C20H22O7. The van der Waals surface area contributed by atoms with Crippen LogP contribution >= 0.6 is 0 Å². The quantitative estimate of drug-likeness (QED) is 0.769. The SMILES string of the molecule is COc1cc2c(cc1OC)C(=O)[C@@H](c1ccc(OC)c(OC)c1OC)CO2. The number of benzene rings is 2. The van der Waals surface area contributed by atoms with Gasteiger partial charge >= 0.3 is 0 Å². The molecule has 0 saturated carbocycles. The first-order valence-corrected chi connectivity index (χ1v) is 8.31. The molecule has 0 amide bonds. The maximum absolute atomic E-state index is 13.2. The van der Waals surface area contributed by atoms with Crippen molar-refractivity contribution in [3.8, 4) is 34.5 Å². The molecule has 3 rings (SSSR count). The molecule has 0 unspecified atom stereocenters. The van der Waals surface area contributed by atoms with E-state index in [0.717, 1.165) is 0 Å². The maximum Gasteiger partial charge on any atom is 0.203 e. The van der Waals surface area contributed by atoms with E-state index in [4.69, 9.17) is 28.4 Å². The summed E-state index contributed by atoms with van der Waals surface area (Å²) in [5.74, 6) is 2.20. The first kappa shape index (κ1) is 18.7. The zero-order valence-corrected chi connectivity index (χ0v) is 16.0. The molecule has 0 saturated heterocycles. The Morgan fingerprint density at radius 1 is 0.815 bits per heavy atom. The molecule has 1 heterocycles. The number of ether oxygens (including phenoxy) is 6.